The zero-order chi connectivity index (χ0) is 10.8. The molecule has 0 aromatic rings. The van der Waals surface area contributed by atoms with Gasteiger partial charge in [-0.25, -0.2) is 0 Å². The molecule has 1 saturated heterocycles. The van der Waals surface area contributed by atoms with E-state index in [-0.39, 0.29) is 12.4 Å². The normalized spacial score (nSPS) is 29.8. The van der Waals surface area contributed by atoms with E-state index in [1.165, 1.54) is 12.8 Å². The van der Waals surface area contributed by atoms with Crippen LogP contribution >= 0.6 is 12.4 Å². The summed E-state index contributed by atoms with van der Waals surface area (Å²) in [6, 6.07) is 0.886. The molecule has 0 radical (unpaired) electrons. The molecule has 1 N–H and O–H groups in total. The molecule has 1 heterocycles. The third-order valence-corrected chi connectivity index (χ3v) is 3.37. The van der Waals surface area contributed by atoms with E-state index >= 15 is 0 Å². The maximum Gasteiger partial charge on any atom is 0.222 e. The first kappa shape index (κ1) is 13.8. The van der Waals surface area contributed by atoms with Gasteiger partial charge in [0, 0.05) is 31.6 Å². The summed E-state index contributed by atoms with van der Waals surface area (Å²) in [7, 11) is 0. The van der Waals surface area contributed by atoms with Gasteiger partial charge in [-0.2, -0.15) is 0 Å². The molecule has 0 aromatic carbocycles. The Labute approximate surface area is 104 Å². The summed E-state index contributed by atoms with van der Waals surface area (Å²) in [5.41, 5.74) is 0. The van der Waals surface area contributed by atoms with Gasteiger partial charge in [-0.3, -0.25) is 4.79 Å². The topological polar surface area (TPSA) is 32.3 Å². The Morgan fingerprint density at radius 3 is 2.31 bits per heavy atom. The highest BCUT2D eigenvalue weighted by Crippen LogP contribution is 2.33. The van der Waals surface area contributed by atoms with Crippen LogP contribution in [-0.2, 0) is 4.79 Å². The van der Waals surface area contributed by atoms with Crippen molar-refractivity contribution in [1.82, 2.24) is 10.2 Å². The second-order valence-corrected chi connectivity index (χ2v) is 5.25. The average molecular weight is 247 g/mol. The van der Waals surface area contributed by atoms with Gasteiger partial charge in [0.05, 0.1) is 0 Å². The van der Waals surface area contributed by atoms with Crippen LogP contribution in [0.2, 0.25) is 0 Å². The molecule has 1 amide bonds. The Bertz CT molecular complexity index is 233. The molecule has 0 spiro atoms. The van der Waals surface area contributed by atoms with Crippen LogP contribution < -0.4 is 5.32 Å². The fourth-order valence-corrected chi connectivity index (χ4v) is 2.42. The number of carbonyl (C=O) groups is 1. The lowest BCUT2D eigenvalue weighted by Gasteiger charge is -2.36. The monoisotopic (exact) mass is 246 g/mol. The first-order chi connectivity index (χ1) is 7.15. The van der Waals surface area contributed by atoms with E-state index in [4.69, 9.17) is 0 Å². The molecule has 3 nitrogen and oxygen atoms in total. The standard InChI is InChI=1S/C12H22N2O.ClH/c1-9-7-14(8-10(2)13-9)12(15)6-5-11-3-4-11;/h9-11,13H,3-8H2,1-2H3;1H. The Hall–Kier alpha value is -0.280. The lowest BCUT2D eigenvalue weighted by atomic mass is 10.1. The third kappa shape index (κ3) is 3.95. The van der Waals surface area contributed by atoms with E-state index in [9.17, 15) is 4.79 Å². The van der Waals surface area contributed by atoms with Crippen LogP contribution in [0.25, 0.3) is 0 Å². The van der Waals surface area contributed by atoms with Crippen molar-refractivity contribution in [2.45, 2.75) is 51.6 Å². The summed E-state index contributed by atoms with van der Waals surface area (Å²) in [5, 5.41) is 3.45. The summed E-state index contributed by atoms with van der Waals surface area (Å²) in [6.07, 6.45) is 4.58. The van der Waals surface area contributed by atoms with Crippen molar-refractivity contribution in [3.8, 4) is 0 Å². The smallest absolute Gasteiger partial charge is 0.222 e. The summed E-state index contributed by atoms with van der Waals surface area (Å²) >= 11 is 0. The van der Waals surface area contributed by atoms with Crippen LogP contribution in [0, 0.1) is 5.92 Å². The predicted molar refractivity (Wildman–Crippen MR) is 67.8 cm³/mol. The Morgan fingerprint density at radius 2 is 1.81 bits per heavy atom. The van der Waals surface area contributed by atoms with Gasteiger partial charge < -0.3 is 10.2 Å². The number of rotatable bonds is 3. The molecular formula is C12H23ClN2O. The van der Waals surface area contributed by atoms with Gasteiger partial charge in [0.1, 0.15) is 0 Å². The second-order valence-electron chi connectivity index (χ2n) is 5.25. The van der Waals surface area contributed by atoms with Crippen molar-refractivity contribution in [3.63, 3.8) is 0 Å². The van der Waals surface area contributed by atoms with E-state index in [0.717, 1.165) is 31.8 Å². The Morgan fingerprint density at radius 1 is 1.25 bits per heavy atom. The maximum absolute atomic E-state index is 11.9. The van der Waals surface area contributed by atoms with Crippen molar-refractivity contribution >= 4 is 18.3 Å². The van der Waals surface area contributed by atoms with Crippen molar-refractivity contribution < 1.29 is 4.79 Å². The minimum atomic E-state index is 0. The lowest BCUT2D eigenvalue weighted by Crippen LogP contribution is -2.55. The lowest BCUT2D eigenvalue weighted by molar-refractivity contribution is -0.133. The van der Waals surface area contributed by atoms with E-state index in [1.807, 2.05) is 4.90 Å². The number of carbonyl (C=O) groups excluding carboxylic acids is 1. The number of hydrogen-bond donors (Lipinski definition) is 1. The quantitative estimate of drug-likeness (QED) is 0.824. The molecular weight excluding hydrogens is 224 g/mol. The van der Waals surface area contributed by atoms with E-state index < -0.39 is 0 Å². The van der Waals surface area contributed by atoms with Crippen LogP contribution in [-0.4, -0.2) is 36.0 Å². The van der Waals surface area contributed by atoms with Gasteiger partial charge in [0.25, 0.3) is 0 Å². The van der Waals surface area contributed by atoms with Crippen LogP contribution in [0.3, 0.4) is 0 Å². The van der Waals surface area contributed by atoms with Crippen molar-refractivity contribution in [3.05, 3.63) is 0 Å². The third-order valence-electron chi connectivity index (χ3n) is 3.37. The largest absolute Gasteiger partial charge is 0.340 e. The van der Waals surface area contributed by atoms with Gasteiger partial charge in [0.15, 0.2) is 0 Å². The molecule has 2 aliphatic rings. The highest BCUT2D eigenvalue weighted by atomic mass is 35.5. The second kappa shape index (κ2) is 5.87. The van der Waals surface area contributed by atoms with Gasteiger partial charge >= 0.3 is 0 Å². The minimum absolute atomic E-state index is 0. The Balaban J connectivity index is 0.00000128. The molecule has 0 aromatic heterocycles. The molecule has 2 unspecified atom stereocenters. The van der Waals surface area contributed by atoms with Crippen molar-refractivity contribution in [2.75, 3.05) is 13.1 Å². The number of piperazine rings is 1. The van der Waals surface area contributed by atoms with Crippen LogP contribution in [0.4, 0.5) is 0 Å². The van der Waals surface area contributed by atoms with Gasteiger partial charge in [0.2, 0.25) is 5.91 Å². The zero-order valence-corrected chi connectivity index (χ0v) is 11.1. The predicted octanol–water partition coefficient (Wildman–Crippen LogP) is 1.81. The number of nitrogens with zero attached hydrogens (tertiary/aromatic N) is 1. The van der Waals surface area contributed by atoms with Crippen LogP contribution in [0.15, 0.2) is 0 Å². The first-order valence-corrected chi connectivity index (χ1v) is 6.19. The summed E-state index contributed by atoms with van der Waals surface area (Å²) in [5.74, 6) is 1.23. The van der Waals surface area contributed by atoms with Gasteiger partial charge in [-0.1, -0.05) is 12.8 Å². The van der Waals surface area contributed by atoms with E-state index in [1.54, 1.807) is 0 Å². The van der Waals surface area contributed by atoms with Crippen LogP contribution in [0.1, 0.15) is 39.5 Å². The molecule has 2 atom stereocenters. The minimum Gasteiger partial charge on any atom is -0.340 e. The van der Waals surface area contributed by atoms with Crippen LogP contribution in [0.5, 0.6) is 0 Å². The van der Waals surface area contributed by atoms with E-state index in [0.29, 0.717) is 18.0 Å². The molecule has 1 aliphatic heterocycles. The molecule has 1 aliphatic carbocycles. The van der Waals surface area contributed by atoms with Crippen molar-refractivity contribution in [1.29, 1.82) is 0 Å². The zero-order valence-electron chi connectivity index (χ0n) is 10.2. The SMILES string of the molecule is CC1CN(C(=O)CCC2CC2)CC(C)N1.Cl. The molecule has 0 bridgehead atoms. The van der Waals surface area contributed by atoms with Gasteiger partial charge in [-0.05, 0) is 26.2 Å². The summed E-state index contributed by atoms with van der Waals surface area (Å²) < 4.78 is 0. The highest BCUT2D eigenvalue weighted by Gasteiger charge is 2.27. The fraction of sp³-hybridized carbons (Fsp3) is 0.917. The molecule has 94 valence electrons. The number of nitrogens with one attached hydrogen (secondary N) is 1. The molecule has 4 heteroatoms. The maximum atomic E-state index is 11.9. The summed E-state index contributed by atoms with van der Waals surface area (Å²) in [6.45, 7) is 6.06. The number of hydrogen-bond acceptors (Lipinski definition) is 2. The molecule has 16 heavy (non-hydrogen) atoms. The Kier molecular flexibility index (Phi) is 5.06. The fourth-order valence-electron chi connectivity index (χ4n) is 2.42. The molecule has 2 rings (SSSR count). The molecule has 1 saturated carbocycles. The average Bonchev–Trinajstić information content (AvgIpc) is 2.96. The van der Waals surface area contributed by atoms with Crippen molar-refractivity contribution in [2.24, 2.45) is 5.92 Å². The molecule has 2 fully saturated rings. The number of halogens is 1. The van der Waals surface area contributed by atoms with E-state index in [2.05, 4.69) is 19.2 Å². The first-order valence-electron chi connectivity index (χ1n) is 6.19. The van der Waals surface area contributed by atoms with Gasteiger partial charge in [-0.15, -0.1) is 12.4 Å². The number of amides is 1. The highest BCUT2D eigenvalue weighted by molar-refractivity contribution is 5.85. The summed E-state index contributed by atoms with van der Waals surface area (Å²) in [4.78, 5) is 14.0.